The van der Waals surface area contributed by atoms with Gasteiger partial charge in [0.1, 0.15) is 11.4 Å². The molecule has 1 heterocycles. The third-order valence-corrected chi connectivity index (χ3v) is 6.09. The van der Waals surface area contributed by atoms with E-state index in [4.69, 9.17) is 5.11 Å². The van der Waals surface area contributed by atoms with E-state index in [0.29, 0.717) is 18.4 Å². The van der Waals surface area contributed by atoms with Crippen molar-refractivity contribution in [3.8, 4) is 0 Å². The fourth-order valence-electron chi connectivity index (χ4n) is 2.84. The number of sulfonamides is 1. The summed E-state index contributed by atoms with van der Waals surface area (Å²) >= 11 is 0. The lowest BCUT2D eigenvalue weighted by Crippen LogP contribution is -2.46. The Bertz CT molecular complexity index is 860. The SMILES string of the molecule is Cc1cc(S(=O)(=O)N(CC(=O)O)C2CCC2)c2ncccc2c1. The number of aryl methyl sites for hydroxylation is 1. The molecule has 0 spiro atoms. The van der Waals surface area contributed by atoms with Crippen molar-refractivity contribution >= 4 is 26.9 Å². The Morgan fingerprint density at radius 1 is 1.39 bits per heavy atom. The highest BCUT2D eigenvalue weighted by atomic mass is 32.2. The van der Waals surface area contributed by atoms with Crippen molar-refractivity contribution in [1.29, 1.82) is 0 Å². The van der Waals surface area contributed by atoms with Crippen LogP contribution in [0.3, 0.4) is 0 Å². The van der Waals surface area contributed by atoms with Gasteiger partial charge in [-0.25, -0.2) is 8.42 Å². The number of pyridine rings is 1. The molecule has 1 fully saturated rings. The van der Waals surface area contributed by atoms with Crippen LogP contribution in [-0.2, 0) is 14.8 Å². The molecule has 7 heteroatoms. The number of fused-ring (bicyclic) bond motifs is 1. The van der Waals surface area contributed by atoms with E-state index in [1.807, 2.05) is 13.0 Å². The largest absolute Gasteiger partial charge is 0.480 e. The highest BCUT2D eigenvalue weighted by molar-refractivity contribution is 7.89. The molecule has 1 aromatic heterocycles. The predicted molar refractivity (Wildman–Crippen MR) is 85.6 cm³/mol. The number of carboxylic acids is 1. The van der Waals surface area contributed by atoms with Crippen LogP contribution < -0.4 is 0 Å². The first-order valence-corrected chi connectivity index (χ1v) is 8.92. The fourth-order valence-corrected chi connectivity index (χ4v) is 4.73. The van der Waals surface area contributed by atoms with Crippen LogP contribution in [0.5, 0.6) is 0 Å². The summed E-state index contributed by atoms with van der Waals surface area (Å²) in [6, 6.07) is 6.75. The van der Waals surface area contributed by atoms with Gasteiger partial charge in [0.15, 0.2) is 0 Å². The van der Waals surface area contributed by atoms with Gasteiger partial charge in [0.05, 0.1) is 5.52 Å². The summed E-state index contributed by atoms with van der Waals surface area (Å²) in [6.45, 7) is 1.30. The molecule has 0 bridgehead atoms. The van der Waals surface area contributed by atoms with Crippen LogP contribution in [0, 0.1) is 6.92 Å². The first-order chi connectivity index (χ1) is 10.9. The van der Waals surface area contributed by atoms with Crippen molar-refractivity contribution in [2.24, 2.45) is 0 Å². The van der Waals surface area contributed by atoms with E-state index in [0.717, 1.165) is 21.7 Å². The van der Waals surface area contributed by atoms with Gasteiger partial charge in [0, 0.05) is 17.6 Å². The zero-order chi connectivity index (χ0) is 16.6. The minimum absolute atomic E-state index is 0.0845. The van der Waals surface area contributed by atoms with Crippen molar-refractivity contribution in [3.63, 3.8) is 0 Å². The normalized spacial score (nSPS) is 15.7. The topological polar surface area (TPSA) is 87.6 Å². The zero-order valence-corrected chi connectivity index (χ0v) is 13.6. The number of carboxylic acid groups (broad SMARTS) is 1. The highest BCUT2D eigenvalue weighted by Crippen LogP contribution is 2.32. The molecule has 0 amide bonds. The maximum atomic E-state index is 13.1. The third-order valence-electron chi connectivity index (χ3n) is 4.17. The quantitative estimate of drug-likeness (QED) is 0.905. The Morgan fingerprint density at radius 3 is 2.74 bits per heavy atom. The Hall–Kier alpha value is -1.99. The van der Waals surface area contributed by atoms with Crippen LogP contribution in [0.4, 0.5) is 0 Å². The minimum atomic E-state index is -3.92. The van der Waals surface area contributed by atoms with Crippen LogP contribution in [0.2, 0.25) is 0 Å². The summed E-state index contributed by atoms with van der Waals surface area (Å²) in [6.07, 6.45) is 3.86. The molecule has 1 aromatic carbocycles. The molecule has 0 atom stereocenters. The van der Waals surface area contributed by atoms with Gasteiger partial charge >= 0.3 is 5.97 Å². The predicted octanol–water partition coefficient (Wildman–Crippen LogP) is 2.17. The summed E-state index contributed by atoms with van der Waals surface area (Å²) in [5.41, 5.74) is 1.18. The third kappa shape index (κ3) is 2.94. The van der Waals surface area contributed by atoms with E-state index in [1.54, 1.807) is 24.4 Å². The van der Waals surface area contributed by atoms with Gasteiger partial charge in [-0.2, -0.15) is 4.31 Å². The molecule has 2 aromatic rings. The number of aliphatic carboxylic acids is 1. The van der Waals surface area contributed by atoms with Gasteiger partial charge in [-0.05, 0) is 43.5 Å². The number of hydrogen-bond acceptors (Lipinski definition) is 4. The lowest BCUT2D eigenvalue weighted by atomic mass is 9.93. The Balaban J connectivity index is 2.16. The van der Waals surface area contributed by atoms with E-state index in [9.17, 15) is 13.2 Å². The zero-order valence-electron chi connectivity index (χ0n) is 12.8. The summed E-state index contributed by atoms with van der Waals surface area (Å²) in [5.74, 6) is -1.15. The van der Waals surface area contributed by atoms with E-state index in [2.05, 4.69) is 4.98 Å². The van der Waals surface area contributed by atoms with Crippen molar-refractivity contribution < 1.29 is 18.3 Å². The second-order valence-corrected chi connectivity index (χ2v) is 7.73. The number of rotatable bonds is 5. The molecule has 6 nitrogen and oxygen atoms in total. The average Bonchev–Trinajstić information content (AvgIpc) is 2.43. The van der Waals surface area contributed by atoms with Gasteiger partial charge in [-0.3, -0.25) is 9.78 Å². The summed E-state index contributed by atoms with van der Waals surface area (Å²) in [4.78, 5) is 15.4. The van der Waals surface area contributed by atoms with Gasteiger partial charge < -0.3 is 5.11 Å². The minimum Gasteiger partial charge on any atom is -0.480 e. The van der Waals surface area contributed by atoms with E-state index in [1.165, 1.54) is 0 Å². The first kappa shape index (κ1) is 15.9. The van der Waals surface area contributed by atoms with Crippen molar-refractivity contribution in [3.05, 3.63) is 36.0 Å². The number of hydrogen-bond donors (Lipinski definition) is 1. The molecule has 122 valence electrons. The number of aromatic nitrogens is 1. The van der Waals surface area contributed by atoms with Crippen LogP contribution in [0.1, 0.15) is 24.8 Å². The Kier molecular flexibility index (Phi) is 4.08. The maximum absolute atomic E-state index is 13.1. The number of benzene rings is 1. The van der Waals surface area contributed by atoms with Crippen LogP contribution in [0.15, 0.2) is 35.4 Å². The molecule has 3 rings (SSSR count). The lowest BCUT2D eigenvalue weighted by molar-refractivity contribution is -0.137. The molecule has 1 aliphatic rings. The second-order valence-electron chi connectivity index (χ2n) is 5.87. The Morgan fingerprint density at radius 2 is 2.13 bits per heavy atom. The molecule has 0 aliphatic heterocycles. The van der Waals surface area contributed by atoms with Gasteiger partial charge in [0.25, 0.3) is 0 Å². The van der Waals surface area contributed by atoms with Crippen molar-refractivity contribution in [1.82, 2.24) is 9.29 Å². The van der Waals surface area contributed by atoms with E-state index >= 15 is 0 Å². The first-order valence-electron chi connectivity index (χ1n) is 7.48. The smallest absolute Gasteiger partial charge is 0.318 e. The highest BCUT2D eigenvalue weighted by Gasteiger charge is 2.37. The molecule has 1 saturated carbocycles. The standard InChI is InChI=1S/C16H18N2O4S/c1-11-8-12-4-3-7-17-16(12)14(9-11)23(21,22)18(10-15(19)20)13-5-2-6-13/h3-4,7-9,13H,2,5-6,10H2,1H3,(H,19,20). The molecule has 0 radical (unpaired) electrons. The van der Waals surface area contributed by atoms with Gasteiger partial charge in [-0.15, -0.1) is 0 Å². The van der Waals surface area contributed by atoms with Crippen LogP contribution in [-0.4, -0.2) is 41.4 Å². The summed E-state index contributed by atoms with van der Waals surface area (Å²) in [7, 11) is -3.92. The van der Waals surface area contributed by atoms with Gasteiger partial charge in [0.2, 0.25) is 10.0 Å². The van der Waals surface area contributed by atoms with Gasteiger partial charge in [-0.1, -0.05) is 12.5 Å². The monoisotopic (exact) mass is 334 g/mol. The van der Waals surface area contributed by atoms with Crippen LogP contribution in [0.25, 0.3) is 10.9 Å². The van der Waals surface area contributed by atoms with Crippen LogP contribution >= 0.6 is 0 Å². The summed E-state index contributed by atoms with van der Waals surface area (Å²) < 4.78 is 27.3. The fraction of sp³-hybridized carbons (Fsp3) is 0.375. The molecule has 23 heavy (non-hydrogen) atoms. The lowest BCUT2D eigenvalue weighted by Gasteiger charge is -2.35. The van der Waals surface area contributed by atoms with Crippen molar-refractivity contribution in [2.75, 3.05) is 6.54 Å². The molecular weight excluding hydrogens is 316 g/mol. The number of nitrogens with zero attached hydrogens (tertiary/aromatic N) is 2. The molecule has 0 unspecified atom stereocenters. The molecule has 0 saturated heterocycles. The molecular formula is C16H18N2O4S. The average molecular weight is 334 g/mol. The number of carbonyl (C=O) groups is 1. The maximum Gasteiger partial charge on any atom is 0.318 e. The van der Waals surface area contributed by atoms with E-state index in [-0.39, 0.29) is 10.9 Å². The summed E-state index contributed by atoms with van der Waals surface area (Å²) in [5, 5.41) is 9.84. The second kappa shape index (κ2) is 5.90. The van der Waals surface area contributed by atoms with E-state index < -0.39 is 22.5 Å². The Labute approximate surface area is 134 Å². The molecule has 1 aliphatic carbocycles. The molecule has 1 N–H and O–H groups in total. The van der Waals surface area contributed by atoms with Crippen molar-refractivity contribution in [2.45, 2.75) is 37.1 Å².